The Morgan fingerprint density at radius 1 is 0.913 bits per heavy atom. The highest BCUT2D eigenvalue weighted by atomic mass is 16.3. The first-order valence-electron chi connectivity index (χ1n) is 6.89. The van der Waals surface area contributed by atoms with E-state index in [4.69, 9.17) is 5.26 Å². The average molecular weight is 307 g/mol. The molecule has 2 unspecified atom stereocenters. The summed E-state index contributed by atoms with van der Waals surface area (Å²) >= 11 is 0. The number of aromatic amines is 1. The number of hydrogen-bond acceptors (Lipinski definition) is 6. The smallest absolute Gasteiger partial charge is 0.204 e. The van der Waals surface area contributed by atoms with Crippen LogP contribution in [0.15, 0.2) is 48.5 Å². The third kappa shape index (κ3) is 3.08. The predicted octanol–water partition coefficient (Wildman–Crippen LogP) is 1.51. The summed E-state index contributed by atoms with van der Waals surface area (Å²) in [5.74, 6) is 0.457. The first-order chi connectivity index (χ1) is 11.2. The van der Waals surface area contributed by atoms with Gasteiger partial charge >= 0.3 is 0 Å². The van der Waals surface area contributed by atoms with E-state index >= 15 is 0 Å². The SMILES string of the molecule is N#Cc1ccc(C(O)C(O)c2ccc(-c3nn[nH]n3)cc2)cc1. The maximum atomic E-state index is 10.3. The van der Waals surface area contributed by atoms with Crippen molar-refractivity contribution in [3.63, 3.8) is 0 Å². The first kappa shape index (κ1) is 14.8. The summed E-state index contributed by atoms with van der Waals surface area (Å²) < 4.78 is 0. The van der Waals surface area contributed by atoms with E-state index in [0.717, 1.165) is 5.56 Å². The molecule has 1 heterocycles. The van der Waals surface area contributed by atoms with E-state index in [1.165, 1.54) is 0 Å². The fourth-order valence-corrected chi connectivity index (χ4v) is 2.23. The molecule has 0 saturated heterocycles. The maximum absolute atomic E-state index is 10.3. The molecule has 3 rings (SSSR count). The normalized spacial score (nSPS) is 13.3. The Hall–Kier alpha value is -3.08. The van der Waals surface area contributed by atoms with Crippen LogP contribution in [0.25, 0.3) is 11.4 Å². The molecule has 0 bridgehead atoms. The van der Waals surface area contributed by atoms with Crippen LogP contribution in [0.5, 0.6) is 0 Å². The zero-order chi connectivity index (χ0) is 16.2. The van der Waals surface area contributed by atoms with E-state index in [0.29, 0.717) is 22.5 Å². The quantitative estimate of drug-likeness (QED) is 0.672. The number of aromatic nitrogens is 4. The second-order valence-corrected chi connectivity index (χ2v) is 4.98. The third-order valence-corrected chi connectivity index (χ3v) is 3.54. The minimum Gasteiger partial charge on any atom is -0.385 e. The summed E-state index contributed by atoms with van der Waals surface area (Å²) in [5, 5.41) is 43.0. The largest absolute Gasteiger partial charge is 0.385 e. The molecule has 7 heteroatoms. The lowest BCUT2D eigenvalue weighted by atomic mass is 9.97. The molecule has 2 atom stereocenters. The first-order valence-corrected chi connectivity index (χ1v) is 6.89. The Bertz CT molecular complexity index is 807. The monoisotopic (exact) mass is 307 g/mol. The molecule has 0 saturated carbocycles. The minimum absolute atomic E-state index is 0.457. The van der Waals surface area contributed by atoms with Crippen LogP contribution in [0.3, 0.4) is 0 Å². The molecular weight excluding hydrogens is 294 g/mol. The van der Waals surface area contributed by atoms with Crippen molar-refractivity contribution in [3.8, 4) is 17.5 Å². The molecular formula is C16H13N5O2. The number of rotatable bonds is 4. The zero-order valence-corrected chi connectivity index (χ0v) is 12.0. The number of H-pyrrole nitrogens is 1. The average Bonchev–Trinajstić information content (AvgIpc) is 3.15. The number of aliphatic hydroxyl groups is 2. The van der Waals surface area contributed by atoms with Gasteiger partial charge in [-0.15, -0.1) is 10.2 Å². The number of aliphatic hydroxyl groups excluding tert-OH is 2. The van der Waals surface area contributed by atoms with Gasteiger partial charge in [-0.2, -0.15) is 10.5 Å². The molecule has 3 N–H and O–H groups in total. The molecule has 7 nitrogen and oxygen atoms in total. The van der Waals surface area contributed by atoms with E-state index in [-0.39, 0.29) is 0 Å². The highest BCUT2D eigenvalue weighted by Gasteiger charge is 2.20. The molecule has 0 fully saturated rings. The number of nitrogens with one attached hydrogen (secondary N) is 1. The van der Waals surface area contributed by atoms with Crippen molar-refractivity contribution in [3.05, 3.63) is 65.2 Å². The van der Waals surface area contributed by atoms with Crippen LogP contribution in [0.1, 0.15) is 28.9 Å². The lowest BCUT2D eigenvalue weighted by molar-refractivity contribution is 0.0172. The Labute approximate surface area is 131 Å². The van der Waals surface area contributed by atoms with Crippen molar-refractivity contribution in [2.24, 2.45) is 0 Å². The Kier molecular flexibility index (Phi) is 4.10. The minimum atomic E-state index is -1.08. The second kappa shape index (κ2) is 6.36. The van der Waals surface area contributed by atoms with Gasteiger partial charge in [0.15, 0.2) is 0 Å². The number of tetrazole rings is 1. The van der Waals surface area contributed by atoms with Crippen molar-refractivity contribution < 1.29 is 10.2 Å². The molecule has 23 heavy (non-hydrogen) atoms. The van der Waals surface area contributed by atoms with Gasteiger partial charge in [-0.05, 0) is 28.5 Å². The van der Waals surface area contributed by atoms with Crippen LogP contribution in [0, 0.1) is 11.3 Å². The van der Waals surface area contributed by atoms with Crippen molar-refractivity contribution in [2.45, 2.75) is 12.2 Å². The topological polar surface area (TPSA) is 119 Å². The molecule has 0 spiro atoms. The van der Waals surface area contributed by atoms with Crippen molar-refractivity contribution in [2.75, 3.05) is 0 Å². The third-order valence-electron chi connectivity index (χ3n) is 3.54. The zero-order valence-electron chi connectivity index (χ0n) is 12.0. The molecule has 0 amide bonds. The van der Waals surface area contributed by atoms with Gasteiger partial charge in [-0.1, -0.05) is 36.4 Å². The van der Waals surface area contributed by atoms with Crippen LogP contribution < -0.4 is 0 Å². The van der Waals surface area contributed by atoms with Gasteiger partial charge in [0.2, 0.25) is 5.82 Å². The van der Waals surface area contributed by atoms with E-state index in [2.05, 4.69) is 20.6 Å². The molecule has 2 aromatic carbocycles. The van der Waals surface area contributed by atoms with Gasteiger partial charge < -0.3 is 10.2 Å². The van der Waals surface area contributed by atoms with Gasteiger partial charge in [0.25, 0.3) is 0 Å². The second-order valence-electron chi connectivity index (χ2n) is 4.98. The lowest BCUT2D eigenvalue weighted by Crippen LogP contribution is -2.10. The van der Waals surface area contributed by atoms with E-state index in [9.17, 15) is 10.2 Å². The lowest BCUT2D eigenvalue weighted by Gasteiger charge is -2.18. The number of benzene rings is 2. The molecule has 114 valence electrons. The highest BCUT2D eigenvalue weighted by molar-refractivity contribution is 5.54. The van der Waals surface area contributed by atoms with E-state index in [1.807, 2.05) is 6.07 Å². The van der Waals surface area contributed by atoms with Crippen molar-refractivity contribution >= 4 is 0 Å². The molecule has 0 radical (unpaired) electrons. The Morgan fingerprint density at radius 3 is 1.96 bits per heavy atom. The molecule has 0 aliphatic carbocycles. The standard InChI is InChI=1S/C16H13N5O2/c17-9-10-1-3-11(4-2-10)14(22)15(23)12-5-7-13(8-6-12)16-18-20-21-19-16/h1-8,14-15,22-23H,(H,18,19,20,21). The van der Waals surface area contributed by atoms with Gasteiger partial charge in [-0.3, -0.25) is 0 Å². The van der Waals surface area contributed by atoms with E-state index < -0.39 is 12.2 Å². The summed E-state index contributed by atoms with van der Waals surface area (Å²) in [6, 6.07) is 15.3. The van der Waals surface area contributed by atoms with Crippen LogP contribution >= 0.6 is 0 Å². The van der Waals surface area contributed by atoms with E-state index in [1.54, 1.807) is 48.5 Å². The van der Waals surface area contributed by atoms with Crippen LogP contribution in [-0.2, 0) is 0 Å². The van der Waals surface area contributed by atoms with Gasteiger partial charge in [0.05, 0.1) is 11.6 Å². The summed E-state index contributed by atoms with van der Waals surface area (Å²) in [6.45, 7) is 0. The highest BCUT2D eigenvalue weighted by Crippen LogP contribution is 2.29. The molecule has 3 aromatic rings. The summed E-state index contributed by atoms with van der Waals surface area (Å²) in [6.07, 6.45) is -2.17. The summed E-state index contributed by atoms with van der Waals surface area (Å²) in [4.78, 5) is 0. The summed E-state index contributed by atoms with van der Waals surface area (Å²) in [7, 11) is 0. The van der Waals surface area contributed by atoms with Gasteiger partial charge in [0, 0.05) is 5.56 Å². The Morgan fingerprint density at radius 2 is 1.48 bits per heavy atom. The number of nitriles is 1. The fraction of sp³-hybridized carbons (Fsp3) is 0.125. The number of nitrogens with zero attached hydrogens (tertiary/aromatic N) is 4. The fourth-order valence-electron chi connectivity index (χ4n) is 2.23. The van der Waals surface area contributed by atoms with Crippen LogP contribution in [0.2, 0.25) is 0 Å². The molecule has 0 aliphatic heterocycles. The van der Waals surface area contributed by atoms with Crippen molar-refractivity contribution in [1.82, 2.24) is 20.6 Å². The van der Waals surface area contributed by atoms with Crippen molar-refractivity contribution in [1.29, 1.82) is 5.26 Å². The molecule has 0 aliphatic rings. The number of hydrogen-bond donors (Lipinski definition) is 3. The van der Waals surface area contributed by atoms with Crippen LogP contribution in [-0.4, -0.2) is 30.8 Å². The predicted molar refractivity (Wildman–Crippen MR) is 80.7 cm³/mol. The molecule has 1 aromatic heterocycles. The van der Waals surface area contributed by atoms with Gasteiger partial charge in [0.1, 0.15) is 12.2 Å². The maximum Gasteiger partial charge on any atom is 0.204 e. The van der Waals surface area contributed by atoms with Gasteiger partial charge in [-0.25, -0.2) is 0 Å². The summed E-state index contributed by atoms with van der Waals surface area (Å²) in [5.41, 5.74) is 2.36. The van der Waals surface area contributed by atoms with Crippen LogP contribution in [0.4, 0.5) is 0 Å². The Balaban J connectivity index is 1.79.